The van der Waals surface area contributed by atoms with E-state index in [2.05, 4.69) is 6.07 Å². The summed E-state index contributed by atoms with van der Waals surface area (Å²) in [5, 5.41) is 11.0. The SMILES string of the molecule is O=C(O)Cc1ccc2cc(C3CO3)ccc2c1. The van der Waals surface area contributed by atoms with Gasteiger partial charge in [0.2, 0.25) is 0 Å². The molecule has 0 saturated carbocycles. The summed E-state index contributed by atoms with van der Waals surface area (Å²) in [4.78, 5) is 10.6. The Balaban J connectivity index is 1.99. The summed E-state index contributed by atoms with van der Waals surface area (Å²) in [6.45, 7) is 0.808. The van der Waals surface area contributed by atoms with Crippen LogP contribution in [0.5, 0.6) is 0 Å². The van der Waals surface area contributed by atoms with Gasteiger partial charge in [0.05, 0.1) is 13.0 Å². The molecular formula is C14H12O3. The lowest BCUT2D eigenvalue weighted by molar-refractivity contribution is -0.136. The smallest absolute Gasteiger partial charge is 0.307 e. The maximum Gasteiger partial charge on any atom is 0.307 e. The van der Waals surface area contributed by atoms with Crippen molar-refractivity contribution in [1.82, 2.24) is 0 Å². The molecule has 3 nitrogen and oxygen atoms in total. The molecule has 1 aliphatic rings. The fourth-order valence-corrected chi connectivity index (χ4v) is 2.04. The molecule has 0 amide bonds. The molecular weight excluding hydrogens is 216 g/mol. The van der Waals surface area contributed by atoms with Crippen LogP contribution < -0.4 is 0 Å². The van der Waals surface area contributed by atoms with Gasteiger partial charge in [0.15, 0.2) is 0 Å². The predicted molar refractivity (Wildman–Crippen MR) is 64.0 cm³/mol. The van der Waals surface area contributed by atoms with Gasteiger partial charge in [0, 0.05) is 0 Å². The van der Waals surface area contributed by atoms with Crippen LogP contribution in [0.2, 0.25) is 0 Å². The van der Waals surface area contributed by atoms with Gasteiger partial charge in [-0.2, -0.15) is 0 Å². The number of rotatable bonds is 3. The topological polar surface area (TPSA) is 49.8 Å². The molecule has 86 valence electrons. The lowest BCUT2D eigenvalue weighted by Crippen LogP contribution is -1.99. The first kappa shape index (κ1) is 10.3. The van der Waals surface area contributed by atoms with Crippen LogP contribution in [-0.2, 0) is 16.0 Å². The predicted octanol–water partition coefficient (Wildman–Crippen LogP) is 2.54. The largest absolute Gasteiger partial charge is 0.481 e. The van der Waals surface area contributed by atoms with E-state index in [1.807, 2.05) is 30.3 Å². The average molecular weight is 228 g/mol. The highest BCUT2D eigenvalue weighted by atomic mass is 16.6. The molecule has 1 saturated heterocycles. The summed E-state index contributed by atoms with van der Waals surface area (Å²) in [5.74, 6) is -0.799. The highest BCUT2D eigenvalue weighted by Gasteiger charge is 2.24. The molecule has 1 heterocycles. The molecule has 17 heavy (non-hydrogen) atoms. The Bertz CT molecular complexity index is 585. The van der Waals surface area contributed by atoms with Crippen molar-refractivity contribution < 1.29 is 14.6 Å². The molecule has 1 unspecified atom stereocenters. The zero-order valence-corrected chi connectivity index (χ0v) is 9.22. The highest BCUT2D eigenvalue weighted by Crippen LogP contribution is 2.31. The van der Waals surface area contributed by atoms with E-state index < -0.39 is 5.97 Å². The monoisotopic (exact) mass is 228 g/mol. The molecule has 1 N–H and O–H groups in total. The van der Waals surface area contributed by atoms with Gasteiger partial charge in [-0.05, 0) is 28.0 Å². The van der Waals surface area contributed by atoms with Crippen molar-refractivity contribution in [2.75, 3.05) is 6.61 Å². The van der Waals surface area contributed by atoms with Crippen molar-refractivity contribution in [3.05, 3.63) is 47.5 Å². The van der Waals surface area contributed by atoms with Crippen molar-refractivity contribution in [1.29, 1.82) is 0 Å². The van der Waals surface area contributed by atoms with Crippen LogP contribution in [0.3, 0.4) is 0 Å². The summed E-state index contributed by atoms with van der Waals surface area (Å²) in [6, 6.07) is 12.0. The van der Waals surface area contributed by atoms with Gasteiger partial charge in [-0.3, -0.25) is 4.79 Å². The second-order valence-corrected chi connectivity index (χ2v) is 4.33. The number of carboxylic acids is 1. The average Bonchev–Trinajstić information content (AvgIpc) is 3.11. The summed E-state index contributed by atoms with van der Waals surface area (Å²) >= 11 is 0. The van der Waals surface area contributed by atoms with Crippen LogP contribution in [0.15, 0.2) is 36.4 Å². The Kier molecular flexibility index (Phi) is 2.34. The summed E-state index contributed by atoms with van der Waals surface area (Å²) < 4.78 is 5.24. The van der Waals surface area contributed by atoms with Crippen LogP contribution >= 0.6 is 0 Å². The van der Waals surface area contributed by atoms with Gasteiger partial charge in [-0.1, -0.05) is 30.3 Å². The van der Waals surface area contributed by atoms with Crippen molar-refractivity contribution in [3.63, 3.8) is 0 Å². The molecule has 0 radical (unpaired) electrons. The van der Waals surface area contributed by atoms with E-state index in [0.717, 1.165) is 22.9 Å². The summed E-state index contributed by atoms with van der Waals surface area (Å²) in [7, 11) is 0. The number of hydrogen-bond donors (Lipinski definition) is 1. The molecule has 3 heteroatoms. The first-order valence-electron chi connectivity index (χ1n) is 5.58. The highest BCUT2D eigenvalue weighted by molar-refractivity contribution is 5.85. The van der Waals surface area contributed by atoms with E-state index in [1.54, 1.807) is 0 Å². The van der Waals surface area contributed by atoms with Crippen molar-refractivity contribution in [3.8, 4) is 0 Å². The van der Waals surface area contributed by atoms with Crippen LogP contribution in [0.4, 0.5) is 0 Å². The third-order valence-corrected chi connectivity index (χ3v) is 2.99. The molecule has 1 aliphatic heterocycles. The van der Waals surface area contributed by atoms with Crippen molar-refractivity contribution >= 4 is 16.7 Å². The normalized spacial score (nSPS) is 18.2. The van der Waals surface area contributed by atoms with Crippen LogP contribution in [0.1, 0.15) is 17.2 Å². The second kappa shape index (κ2) is 3.86. The maximum absolute atomic E-state index is 10.6. The number of benzene rings is 2. The first-order valence-corrected chi connectivity index (χ1v) is 5.58. The van der Waals surface area contributed by atoms with Gasteiger partial charge in [-0.15, -0.1) is 0 Å². The zero-order chi connectivity index (χ0) is 11.8. The molecule has 0 bridgehead atoms. The fraction of sp³-hybridized carbons (Fsp3) is 0.214. The number of fused-ring (bicyclic) bond motifs is 1. The fourth-order valence-electron chi connectivity index (χ4n) is 2.04. The molecule has 0 spiro atoms. The van der Waals surface area contributed by atoms with Crippen molar-refractivity contribution in [2.24, 2.45) is 0 Å². The summed E-state index contributed by atoms with van der Waals surface area (Å²) in [6.07, 6.45) is 0.335. The number of aliphatic carboxylic acids is 1. The van der Waals surface area contributed by atoms with Crippen LogP contribution in [0.25, 0.3) is 10.8 Å². The number of carboxylic acid groups (broad SMARTS) is 1. The third kappa shape index (κ3) is 2.15. The second-order valence-electron chi connectivity index (χ2n) is 4.33. The third-order valence-electron chi connectivity index (χ3n) is 2.99. The number of carbonyl (C=O) groups is 1. The lowest BCUT2D eigenvalue weighted by atomic mass is 10.0. The molecule has 1 atom stereocenters. The van der Waals surface area contributed by atoms with Crippen molar-refractivity contribution in [2.45, 2.75) is 12.5 Å². The molecule has 2 aromatic carbocycles. The Morgan fingerprint density at radius 1 is 1.24 bits per heavy atom. The minimum atomic E-state index is -0.799. The Morgan fingerprint density at radius 3 is 2.65 bits per heavy atom. The van der Waals surface area contributed by atoms with E-state index in [9.17, 15) is 4.79 Å². The number of ether oxygens (including phenoxy) is 1. The molecule has 2 aromatic rings. The van der Waals surface area contributed by atoms with Gasteiger partial charge in [-0.25, -0.2) is 0 Å². The number of epoxide rings is 1. The van der Waals surface area contributed by atoms with Crippen LogP contribution in [0, 0.1) is 0 Å². The molecule has 0 aliphatic carbocycles. The molecule has 3 rings (SSSR count). The summed E-state index contributed by atoms with van der Waals surface area (Å²) in [5.41, 5.74) is 2.03. The minimum absolute atomic E-state index is 0.0728. The number of hydrogen-bond acceptors (Lipinski definition) is 2. The van der Waals surface area contributed by atoms with E-state index in [4.69, 9.17) is 9.84 Å². The van der Waals surface area contributed by atoms with E-state index in [0.29, 0.717) is 0 Å². The van der Waals surface area contributed by atoms with Gasteiger partial charge in [0.25, 0.3) is 0 Å². The van der Waals surface area contributed by atoms with Gasteiger partial charge >= 0.3 is 5.97 Å². The van der Waals surface area contributed by atoms with Gasteiger partial charge < -0.3 is 9.84 Å². The Hall–Kier alpha value is -1.87. The minimum Gasteiger partial charge on any atom is -0.481 e. The van der Waals surface area contributed by atoms with E-state index in [-0.39, 0.29) is 12.5 Å². The van der Waals surface area contributed by atoms with Crippen LogP contribution in [-0.4, -0.2) is 17.7 Å². The lowest BCUT2D eigenvalue weighted by Gasteiger charge is -2.03. The van der Waals surface area contributed by atoms with Gasteiger partial charge in [0.1, 0.15) is 6.10 Å². The Morgan fingerprint density at radius 2 is 1.94 bits per heavy atom. The maximum atomic E-state index is 10.6. The first-order chi connectivity index (χ1) is 8.22. The standard InChI is InChI=1S/C14H12O3/c15-14(16)6-9-1-2-11-7-12(13-8-17-13)4-3-10(11)5-9/h1-5,7,13H,6,8H2,(H,15,16). The van der Waals surface area contributed by atoms with E-state index >= 15 is 0 Å². The molecule has 0 aromatic heterocycles. The zero-order valence-electron chi connectivity index (χ0n) is 9.22. The quantitative estimate of drug-likeness (QED) is 0.821. The van der Waals surface area contributed by atoms with E-state index in [1.165, 1.54) is 5.56 Å². The molecule has 1 fully saturated rings. The Labute approximate surface area is 98.6 Å².